The number of ketones is 1. The standard InChI is InChI=1S/C15H12O3S/c16-13-10-15(11-6-2-1-3-7-11)19(17,18)14-9-5-4-8-12(13)14/h1-9,15H,10H2/t15-/m0/s1. The van der Waals surface area contributed by atoms with E-state index in [1.54, 1.807) is 42.5 Å². The summed E-state index contributed by atoms with van der Waals surface area (Å²) < 4.78 is 25.2. The molecule has 3 nitrogen and oxygen atoms in total. The molecule has 0 aliphatic carbocycles. The molecular weight excluding hydrogens is 260 g/mol. The molecule has 0 aromatic heterocycles. The van der Waals surface area contributed by atoms with Crippen LogP contribution < -0.4 is 0 Å². The van der Waals surface area contributed by atoms with Gasteiger partial charge in [0.05, 0.1) is 10.1 Å². The molecule has 2 aromatic carbocycles. The molecule has 0 N–H and O–H groups in total. The summed E-state index contributed by atoms with van der Waals surface area (Å²) in [6, 6.07) is 15.3. The highest BCUT2D eigenvalue weighted by Gasteiger charge is 2.38. The minimum absolute atomic E-state index is 0.0172. The van der Waals surface area contributed by atoms with Gasteiger partial charge in [-0.15, -0.1) is 0 Å². The van der Waals surface area contributed by atoms with Crippen molar-refractivity contribution in [2.75, 3.05) is 0 Å². The Hall–Kier alpha value is -1.94. The normalized spacial score (nSPS) is 20.8. The Morgan fingerprint density at radius 2 is 1.53 bits per heavy atom. The van der Waals surface area contributed by atoms with Crippen LogP contribution in [0, 0.1) is 0 Å². The molecule has 0 saturated heterocycles. The number of carbonyl (C=O) groups excluding carboxylic acids is 1. The van der Waals surface area contributed by atoms with Crippen molar-refractivity contribution in [2.24, 2.45) is 0 Å². The molecule has 96 valence electrons. The van der Waals surface area contributed by atoms with Crippen LogP contribution in [0.2, 0.25) is 0 Å². The van der Waals surface area contributed by atoms with Crippen LogP contribution in [0.3, 0.4) is 0 Å². The van der Waals surface area contributed by atoms with Crippen molar-refractivity contribution in [2.45, 2.75) is 16.6 Å². The third kappa shape index (κ3) is 1.88. The highest BCUT2D eigenvalue weighted by atomic mass is 32.2. The van der Waals surface area contributed by atoms with E-state index >= 15 is 0 Å². The molecule has 1 atom stereocenters. The molecule has 0 fully saturated rings. The number of carbonyl (C=O) groups is 1. The summed E-state index contributed by atoms with van der Waals surface area (Å²) in [4.78, 5) is 12.2. The zero-order chi connectivity index (χ0) is 13.5. The van der Waals surface area contributed by atoms with Gasteiger partial charge in [0, 0.05) is 12.0 Å². The molecule has 3 rings (SSSR count). The third-order valence-corrected chi connectivity index (χ3v) is 5.57. The Kier molecular flexibility index (Phi) is 2.75. The highest BCUT2D eigenvalue weighted by molar-refractivity contribution is 7.92. The molecule has 0 amide bonds. The van der Waals surface area contributed by atoms with E-state index in [9.17, 15) is 13.2 Å². The molecule has 1 aliphatic rings. The predicted octanol–water partition coefficient (Wildman–Crippen LogP) is 2.79. The summed E-state index contributed by atoms with van der Waals surface area (Å²) in [5.74, 6) is -0.112. The van der Waals surface area contributed by atoms with Gasteiger partial charge in [-0.2, -0.15) is 0 Å². The first-order valence-electron chi connectivity index (χ1n) is 6.02. The summed E-state index contributed by atoms with van der Waals surface area (Å²) in [6.07, 6.45) is 0.0172. The third-order valence-electron chi connectivity index (χ3n) is 3.41. The van der Waals surface area contributed by atoms with Gasteiger partial charge in [0.15, 0.2) is 15.6 Å². The van der Waals surface area contributed by atoms with Crippen LogP contribution in [-0.2, 0) is 9.84 Å². The van der Waals surface area contributed by atoms with Crippen molar-refractivity contribution < 1.29 is 13.2 Å². The summed E-state index contributed by atoms with van der Waals surface area (Å²) >= 11 is 0. The molecule has 1 aliphatic heterocycles. The fraction of sp³-hybridized carbons (Fsp3) is 0.133. The topological polar surface area (TPSA) is 51.2 Å². The largest absolute Gasteiger partial charge is 0.294 e. The molecule has 0 bridgehead atoms. The van der Waals surface area contributed by atoms with Crippen molar-refractivity contribution in [3.8, 4) is 0 Å². The molecular formula is C15H12O3S. The van der Waals surface area contributed by atoms with E-state index in [-0.39, 0.29) is 17.1 Å². The maximum Gasteiger partial charge on any atom is 0.186 e. The highest BCUT2D eigenvalue weighted by Crippen LogP contribution is 2.38. The van der Waals surface area contributed by atoms with Crippen molar-refractivity contribution in [1.29, 1.82) is 0 Å². The van der Waals surface area contributed by atoms with Crippen molar-refractivity contribution in [3.05, 3.63) is 65.7 Å². The van der Waals surface area contributed by atoms with Gasteiger partial charge in [0.1, 0.15) is 0 Å². The average molecular weight is 272 g/mol. The first-order valence-corrected chi connectivity index (χ1v) is 7.56. The lowest BCUT2D eigenvalue weighted by atomic mass is 10.0. The summed E-state index contributed by atoms with van der Waals surface area (Å²) in [7, 11) is -3.49. The van der Waals surface area contributed by atoms with Crippen molar-refractivity contribution in [1.82, 2.24) is 0 Å². The zero-order valence-corrected chi connectivity index (χ0v) is 10.9. The molecule has 4 heteroatoms. The second kappa shape index (κ2) is 4.31. The van der Waals surface area contributed by atoms with E-state index in [0.717, 1.165) is 0 Å². The minimum Gasteiger partial charge on any atom is -0.294 e. The van der Waals surface area contributed by atoms with E-state index in [1.807, 2.05) is 6.07 Å². The lowest BCUT2D eigenvalue weighted by molar-refractivity contribution is 0.0974. The number of rotatable bonds is 1. The van der Waals surface area contributed by atoms with Crippen LogP contribution in [0.4, 0.5) is 0 Å². The van der Waals surface area contributed by atoms with Crippen LogP contribution in [0.25, 0.3) is 0 Å². The van der Waals surface area contributed by atoms with Gasteiger partial charge in [0.2, 0.25) is 0 Å². The zero-order valence-electron chi connectivity index (χ0n) is 10.1. The number of benzene rings is 2. The van der Waals surface area contributed by atoms with E-state index in [2.05, 4.69) is 0 Å². The fourth-order valence-corrected chi connectivity index (χ4v) is 4.40. The number of sulfone groups is 1. The lowest BCUT2D eigenvalue weighted by Crippen LogP contribution is -2.25. The van der Waals surface area contributed by atoms with Gasteiger partial charge in [-0.25, -0.2) is 8.42 Å². The first-order chi connectivity index (χ1) is 9.10. The smallest absolute Gasteiger partial charge is 0.186 e. The van der Waals surface area contributed by atoms with Gasteiger partial charge in [-0.05, 0) is 11.6 Å². The minimum atomic E-state index is -3.49. The van der Waals surface area contributed by atoms with E-state index < -0.39 is 15.1 Å². The summed E-state index contributed by atoms with van der Waals surface area (Å²) in [5.41, 5.74) is 0.986. The van der Waals surface area contributed by atoms with Crippen molar-refractivity contribution >= 4 is 15.6 Å². The Bertz CT molecular complexity index is 733. The summed E-state index contributed by atoms with van der Waals surface area (Å²) in [6.45, 7) is 0. The van der Waals surface area contributed by atoms with Gasteiger partial charge in [0.25, 0.3) is 0 Å². The number of hydrogen-bond donors (Lipinski definition) is 0. The first kappa shape index (κ1) is 12.1. The summed E-state index contributed by atoms with van der Waals surface area (Å²) in [5, 5.41) is -0.768. The molecule has 0 radical (unpaired) electrons. The number of Topliss-reactive ketones (excluding diaryl/α,β-unsaturated/α-hetero) is 1. The van der Waals surface area contributed by atoms with E-state index in [1.165, 1.54) is 6.07 Å². The number of hydrogen-bond acceptors (Lipinski definition) is 3. The second-order valence-corrected chi connectivity index (χ2v) is 6.67. The molecule has 19 heavy (non-hydrogen) atoms. The molecule has 0 unspecified atom stereocenters. The Morgan fingerprint density at radius 3 is 2.26 bits per heavy atom. The maximum absolute atomic E-state index is 12.6. The maximum atomic E-state index is 12.6. The second-order valence-electron chi connectivity index (χ2n) is 4.57. The van der Waals surface area contributed by atoms with Gasteiger partial charge < -0.3 is 0 Å². The molecule has 1 heterocycles. The van der Waals surface area contributed by atoms with Crippen LogP contribution in [-0.4, -0.2) is 14.2 Å². The Balaban J connectivity index is 2.20. The quantitative estimate of drug-likeness (QED) is 0.802. The average Bonchev–Trinajstić information content (AvgIpc) is 2.44. The molecule has 0 saturated carbocycles. The fourth-order valence-electron chi connectivity index (χ4n) is 2.45. The van der Waals surface area contributed by atoms with Crippen LogP contribution in [0.15, 0.2) is 59.5 Å². The van der Waals surface area contributed by atoms with Gasteiger partial charge in [-0.3, -0.25) is 4.79 Å². The van der Waals surface area contributed by atoms with Gasteiger partial charge >= 0.3 is 0 Å². The van der Waals surface area contributed by atoms with Crippen LogP contribution in [0.1, 0.15) is 27.6 Å². The van der Waals surface area contributed by atoms with Gasteiger partial charge in [-0.1, -0.05) is 48.5 Å². The van der Waals surface area contributed by atoms with Crippen LogP contribution in [0.5, 0.6) is 0 Å². The SMILES string of the molecule is O=C1C[C@@H](c2ccccc2)S(=O)(=O)c2ccccc21. The molecule has 0 spiro atoms. The predicted molar refractivity (Wildman–Crippen MR) is 71.8 cm³/mol. The monoisotopic (exact) mass is 272 g/mol. The van der Waals surface area contributed by atoms with E-state index in [4.69, 9.17) is 0 Å². The molecule has 2 aromatic rings. The number of fused-ring (bicyclic) bond motifs is 1. The van der Waals surface area contributed by atoms with Crippen molar-refractivity contribution in [3.63, 3.8) is 0 Å². The van der Waals surface area contributed by atoms with Crippen LogP contribution >= 0.6 is 0 Å². The Labute approximate surface area is 111 Å². The Morgan fingerprint density at radius 1 is 0.895 bits per heavy atom. The van der Waals surface area contributed by atoms with E-state index in [0.29, 0.717) is 11.1 Å². The lowest BCUT2D eigenvalue weighted by Gasteiger charge is -2.24.